The van der Waals surface area contributed by atoms with E-state index in [-0.39, 0.29) is 13.2 Å². The Morgan fingerprint density at radius 2 is 0.438 bits per heavy atom. The number of aliphatic hydroxyl groups excluding tert-OH is 1. The molecule has 0 heterocycles. The van der Waals surface area contributed by atoms with Crippen molar-refractivity contribution in [2.24, 2.45) is 0 Å². The molecule has 0 bridgehead atoms. The van der Waals surface area contributed by atoms with Gasteiger partial charge in [0.1, 0.15) is 6.61 Å². The predicted octanol–water partition coefficient (Wildman–Crippen LogP) is 15.8. The number of carbonyl (C=O) groups is 1. The third-order valence-electron chi connectivity index (χ3n) is 0.502. The first-order valence-electron chi connectivity index (χ1n) is 12.2. The highest BCUT2D eigenvalue weighted by Gasteiger charge is 1.90. The number of hydrogen-bond acceptors (Lipinski definition) is 3. The first kappa shape index (κ1) is 160. The summed E-state index contributed by atoms with van der Waals surface area (Å²) in [7, 11) is 0. The van der Waals surface area contributed by atoms with Gasteiger partial charge in [-0.25, -0.2) is 4.79 Å². The van der Waals surface area contributed by atoms with E-state index in [1.165, 1.54) is 0 Å². The second kappa shape index (κ2) is 69600. The van der Waals surface area contributed by atoms with Crippen LogP contribution in [0.1, 0.15) is 0 Å². The summed E-state index contributed by atoms with van der Waals surface area (Å²) in [4.78, 5) is 10.1. The lowest BCUT2D eigenvalue weighted by atomic mass is 10.6. The lowest BCUT2D eigenvalue weighted by Crippen LogP contribution is -2.04. The molecule has 48 heavy (non-hydrogen) atoms. The van der Waals surface area contributed by atoms with Crippen LogP contribution in [0.4, 0.5) is 0 Å². The Morgan fingerprint density at radius 3 is 0.500 bits per heavy atom. The molecule has 0 fully saturated rings. The Balaban J connectivity index is -0.00000000867. The quantitative estimate of drug-likeness (QED) is 0.184. The van der Waals surface area contributed by atoms with Gasteiger partial charge in [-0.05, 0) is 0 Å². The van der Waals surface area contributed by atoms with E-state index < -0.39 is 5.97 Å². The summed E-state index contributed by atoms with van der Waals surface area (Å²) in [6.45, 7) is 123. The largest absolute Gasteiger partial charge is 0.460 e. The van der Waals surface area contributed by atoms with E-state index in [1.807, 2.05) is 0 Å². The molecule has 0 saturated heterocycles. The summed E-state index contributed by atoms with van der Waals surface area (Å²) >= 11 is 0. The standard InChI is InChI=1S/C5H8O3.20C2H4/c1-2-5(7)8-4-3-6;20*1-2/h2,6H,1,3-4H2;20*1-2H2. The molecule has 0 spiro atoms. The van der Waals surface area contributed by atoms with E-state index in [1.54, 1.807) is 0 Å². The summed E-state index contributed by atoms with van der Waals surface area (Å²) in [6.07, 6.45) is 1.05. The summed E-state index contributed by atoms with van der Waals surface area (Å²) < 4.78 is 4.33. The molecular weight excluding hydrogens is 588 g/mol. The normalized spacial score (nSPS) is 3.02. The molecule has 0 aromatic heterocycles. The minimum absolute atomic E-state index is 0.0465. The molecule has 3 heteroatoms. The van der Waals surface area contributed by atoms with Gasteiger partial charge in [0.25, 0.3) is 0 Å². The minimum Gasteiger partial charge on any atom is -0.460 e. The smallest absolute Gasteiger partial charge is 0.330 e. The zero-order chi connectivity index (χ0) is 46.4. The van der Waals surface area contributed by atoms with E-state index in [0.717, 1.165) is 6.08 Å². The van der Waals surface area contributed by atoms with E-state index >= 15 is 0 Å². The van der Waals surface area contributed by atoms with Gasteiger partial charge in [0.2, 0.25) is 0 Å². The molecule has 286 valence electrons. The minimum atomic E-state index is -0.501. The van der Waals surface area contributed by atoms with Gasteiger partial charge in [-0.2, -0.15) is 0 Å². The van der Waals surface area contributed by atoms with Crippen LogP contribution in [0.25, 0.3) is 0 Å². The zero-order valence-electron chi connectivity index (χ0n) is 32.7. The Hall–Kier alpha value is -6.03. The highest BCUT2D eigenvalue weighted by atomic mass is 16.5. The maximum absolute atomic E-state index is 10.1. The first-order chi connectivity index (χ1) is 23.8. The average molecular weight is 677 g/mol. The van der Waals surface area contributed by atoms with E-state index in [0.29, 0.717) is 0 Å². The third-order valence-corrected chi connectivity index (χ3v) is 0.502. The Kier molecular flexibility index (Phi) is 232000. The summed E-state index contributed by atoms with van der Waals surface area (Å²) in [6, 6.07) is 0. The van der Waals surface area contributed by atoms with Crippen LogP contribution in [-0.4, -0.2) is 24.3 Å². The number of esters is 1. The monoisotopic (exact) mass is 677 g/mol. The maximum atomic E-state index is 10.1. The molecule has 0 aromatic rings. The summed E-state index contributed by atoms with van der Waals surface area (Å²) in [5.41, 5.74) is 0. The predicted molar refractivity (Wildman–Crippen MR) is 253 cm³/mol. The SMILES string of the molecule is C=C.C=C.C=C.C=C.C=C.C=C.C=C.C=C.C=C.C=C.C=C.C=C.C=C.C=C.C=C.C=C.C=C.C=C.C=C.C=C.C=CC(=O)OCCO. The molecule has 0 aliphatic rings. The molecule has 3 nitrogen and oxygen atoms in total. The number of aliphatic hydroxyl groups is 1. The fourth-order valence-electron chi connectivity index (χ4n) is 0.205. The lowest BCUT2D eigenvalue weighted by Gasteiger charge is -1.94. The molecule has 0 aliphatic carbocycles. The van der Waals surface area contributed by atoms with Crippen LogP contribution in [0.2, 0.25) is 0 Å². The lowest BCUT2D eigenvalue weighted by molar-refractivity contribution is -0.138. The van der Waals surface area contributed by atoms with Crippen LogP contribution in [0.5, 0.6) is 0 Å². The van der Waals surface area contributed by atoms with Crippen molar-refractivity contribution in [1.29, 1.82) is 0 Å². The van der Waals surface area contributed by atoms with Crippen LogP contribution in [0, 0.1) is 0 Å². The maximum Gasteiger partial charge on any atom is 0.330 e. The number of rotatable bonds is 3. The molecular formula is C45H88O3. The van der Waals surface area contributed by atoms with Crippen molar-refractivity contribution in [2.75, 3.05) is 13.2 Å². The first-order valence-corrected chi connectivity index (χ1v) is 12.2. The van der Waals surface area contributed by atoms with Gasteiger partial charge in [-0.1, -0.05) is 6.58 Å². The fraction of sp³-hybridized carbons (Fsp3) is 0.0444. The average Bonchev–Trinajstić information content (AvgIpc) is 3.31. The highest BCUT2D eigenvalue weighted by molar-refractivity contribution is 5.81. The molecule has 0 aliphatic heterocycles. The van der Waals surface area contributed by atoms with Crippen LogP contribution in [-0.2, 0) is 9.53 Å². The van der Waals surface area contributed by atoms with Crippen LogP contribution in [0.3, 0.4) is 0 Å². The Morgan fingerprint density at radius 1 is 0.333 bits per heavy atom. The molecule has 0 amide bonds. The van der Waals surface area contributed by atoms with Crippen molar-refractivity contribution in [3.05, 3.63) is 276 Å². The van der Waals surface area contributed by atoms with E-state index in [9.17, 15) is 4.79 Å². The van der Waals surface area contributed by atoms with Crippen molar-refractivity contribution in [3.8, 4) is 0 Å². The van der Waals surface area contributed by atoms with Crippen molar-refractivity contribution in [1.82, 2.24) is 0 Å². The molecule has 0 atom stereocenters. The molecule has 0 rings (SSSR count). The van der Waals surface area contributed by atoms with Crippen molar-refractivity contribution in [3.63, 3.8) is 0 Å². The molecule has 0 aromatic carbocycles. The van der Waals surface area contributed by atoms with Crippen LogP contribution in [0.15, 0.2) is 276 Å². The zero-order valence-corrected chi connectivity index (χ0v) is 32.7. The van der Waals surface area contributed by atoms with Crippen LogP contribution < -0.4 is 0 Å². The molecule has 0 saturated carbocycles. The van der Waals surface area contributed by atoms with Gasteiger partial charge in [-0.15, -0.1) is 263 Å². The second-order valence-electron chi connectivity index (χ2n) is 1.10. The summed E-state index contributed by atoms with van der Waals surface area (Å²) in [5.74, 6) is -0.501. The van der Waals surface area contributed by atoms with E-state index in [4.69, 9.17) is 5.11 Å². The summed E-state index contributed by atoms with van der Waals surface area (Å²) in [5, 5.41) is 8.10. The van der Waals surface area contributed by atoms with Crippen molar-refractivity contribution in [2.45, 2.75) is 0 Å². The number of hydrogen-bond donors (Lipinski definition) is 1. The van der Waals surface area contributed by atoms with Gasteiger partial charge in [0, 0.05) is 6.08 Å². The van der Waals surface area contributed by atoms with Crippen molar-refractivity contribution >= 4 is 5.97 Å². The molecule has 0 unspecified atom stereocenters. The topological polar surface area (TPSA) is 46.5 Å². The second-order valence-corrected chi connectivity index (χ2v) is 1.10. The van der Waals surface area contributed by atoms with Crippen molar-refractivity contribution < 1.29 is 14.6 Å². The van der Waals surface area contributed by atoms with Gasteiger partial charge >= 0.3 is 5.97 Å². The van der Waals surface area contributed by atoms with Gasteiger partial charge in [-0.3, -0.25) is 0 Å². The fourth-order valence-corrected chi connectivity index (χ4v) is 0.205. The van der Waals surface area contributed by atoms with E-state index in [2.05, 4.69) is 274 Å². The van der Waals surface area contributed by atoms with Gasteiger partial charge in [0.15, 0.2) is 0 Å². The molecule has 0 radical (unpaired) electrons. The Labute approximate surface area is 309 Å². The third kappa shape index (κ3) is 67400000. The number of carbonyl (C=O) groups excluding carboxylic acids is 1. The number of ether oxygens (including phenoxy) is 1. The van der Waals surface area contributed by atoms with Gasteiger partial charge in [0.05, 0.1) is 6.61 Å². The highest BCUT2D eigenvalue weighted by Crippen LogP contribution is 1.75. The van der Waals surface area contributed by atoms with Gasteiger partial charge < -0.3 is 9.84 Å². The molecule has 1 N–H and O–H groups in total. The van der Waals surface area contributed by atoms with Crippen LogP contribution >= 0.6 is 0 Å². The Bertz CT molecular complexity index is 244.